The summed E-state index contributed by atoms with van der Waals surface area (Å²) in [6.45, 7) is 4.71. The monoisotopic (exact) mass is 470 g/mol. The molecular weight excluding hydrogens is 445 g/mol. The van der Waals surface area contributed by atoms with Gasteiger partial charge in [0, 0.05) is 30.5 Å². The van der Waals surface area contributed by atoms with Crippen LogP contribution in [0.25, 0.3) is 5.69 Å². The lowest BCUT2D eigenvalue weighted by molar-refractivity contribution is -0.137. The third-order valence-electron chi connectivity index (χ3n) is 6.60. The van der Waals surface area contributed by atoms with Crippen LogP contribution < -0.4 is 5.32 Å². The Kier molecular flexibility index (Phi) is 5.53. The molecule has 0 bridgehead atoms. The van der Waals surface area contributed by atoms with Crippen molar-refractivity contribution in [1.82, 2.24) is 24.6 Å². The van der Waals surface area contributed by atoms with Gasteiger partial charge >= 0.3 is 6.18 Å². The number of halogens is 3. The summed E-state index contributed by atoms with van der Waals surface area (Å²) in [5, 5.41) is 7.56. The molecule has 1 unspecified atom stereocenters. The zero-order valence-corrected chi connectivity index (χ0v) is 18.9. The summed E-state index contributed by atoms with van der Waals surface area (Å²) in [5.74, 6) is 1.51. The first-order valence-corrected chi connectivity index (χ1v) is 11.3. The molecule has 1 amide bonds. The lowest BCUT2D eigenvalue weighted by Gasteiger charge is -2.36. The number of fused-ring (bicyclic) bond motifs is 1. The Labute approximate surface area is 195 Å². The summed E-state index contributed by atoms with van der Waals surface area (Å²) in [4.78, 5) is 24.3. The van der Waals surface area contributed by atoms with E-state index in [1.54, 1.807) is 17.9 Å². The van der Waals surface area contributed by atoms with E-state index in [0.717, 1.165) is 30.7 Å². The number of nitrogens with zero attached hydrogens (tertiary/aromatic N) is 5. The van der Waals surface area contributed by atoms with Gasteiger partial charge in [0.25, 0.3) is 5.91 Å². The van der Waals surface area contributed by atoms with Gasteiger partial charge in [0.1, 0.15) is 12.2 Å². The van der Waals surface area contributed by atoms with Crippen molar-refractivity contribution in [2.45, 2.75) is 38.9 Å². The quantitative estimate of drug-likeness (QED) is 0.603. The second-order valence-corrected chi connectivity index (χ2v) is 9.12. The molecule has 34 heavy (non-hydrogen) atoms. The molecule has 178 valence electrons. The smallest absolute Gasteiger partial charge is 0.383 e. The van der Waals surface area contributed by atoms with Crippen LogP contribution >= 0.6 is 0 Å². The minimum atomic E-state index is -4.37. The fraction of sp³-hybridized carbons (Fsp3) is 0.417. The first-order valence-electron chi connectivity index (χ1n) is 11.3. The van der Waals surface area contributed by atoms with Crippen molar-refractivity contribution < 1.29 is 18.0 Å². The molecule has 7 nitrogen and oxygen atoms in total. The van der Waals surface area contributed by atoms with E-state index in [1.165, 1.54) is 12.1 Å². The maximum atomic E-state index is 13.7. The van der Waals surface area contributed by atoms with Gasteiger partial charge in [-0.3, -0.25) is 4.79 Å². The van der Waals surface area contributed by atoms with Crippen LogP contribution in [0.3, 0.4) is 0 Å². The summed E-state index contributed by atoms with van der Waals surface area (Å²) in [7, 11) is 0. The largest absolute Gasteiger partial charge is 0.416 e. The van der Waals surface area contributed by atoms with E-state index in [4.69, 9.17) is 0 Å². The fourth-order valence-electron chi connectivity index (χ4n) is 4.65. The molecule has 3 heterocycles. The van der Waals surface area contributed by atoms with E-state index in [0.29, 0.717) is 47.8 Å². The predicted molar refractivity (Wildman–Crippen MR) is 120 cm³/mol. The number of nitrogens with one attached hydrogen (secondary N) is 1. The molecule has 1 aliphatic heterocycles. The maximum Gasteiger partial charge on any atom is 0.416 e. The lowest BCUT2D eigenvalue weighted by Crippen LogP contribution is -2.48. The highest BCUT2D eigenvalue weighted by Gasteiger charge is 2.47. The number of carbonyl (C=O) groups is 1. The van der Waals surface area contributed by atoms with E-state index < -0.39 is 11.7 Å². The van der Waals surface area contributed by atoms with E-state index in [2.05, 4.69) is 20.4 Å². The Hall–Kier alpha value is -3.43. The molecule has 2 aromatic heterocycles. The Bertz CT molecular complexity index is 1210. The van der Waals surface area contributed by atoms with Gasteiger partial charge in [0.15, 0.2) is 5.69 Å². The fourth-order valence-corrected chi connectivity index (χ4v) is 4.65. The van der Waals surface area contributed by atoms with Crippen molar-refractivity contribution in [2.75, 3.05) is 18.4 Å². The molecule has 3 aromatic rings. The number of benzene rings is 1. The zero-order valence-electron chi connectivity index (χ0n) is 18.9. The van der Waals surface area contributed by atoms with Gasteiger partial charge in [-0.15, -0.1) is 0 Å². The molecule has 1 N–H and O–H groups in total. The second kappa shape index (κ2) is 8.41. The van der Waals surface area contributed by atoms with Crippen molar-refractivity contribution in [2.24, 2.45) is 11.8 Å². The number of aryl methyl sites for hydroxylation is 2. The predicted octanol–water partition coefficient (Wildman–Crippen LogP) is 4.26. The number of alkyl halides is 3. The number of likely N-dealkylation sites (tertiary alicyclic amines) is 1. The Balaban J connectivity index is 1.37. The van der Waals surface area contributed by atoms with Crippen LogP contribution in [0.2, 0.25) is 0 Å². The molecule has 0 radical (unpaired) electrons. The SMILES string of the molecule is Cc1ccc(-n2cnc(C)n2)c(C(=O)N2C[C@@H]3C[C@@H]3CC2CNc2ccc(C(F)(F)F)cc2)n1. The van der Waals surface area contributed by atoms with Gasteiger partial charge in [-0.05, 0) is 74.9 Å². The summed E-state index contributed by atoms with van der Waals surface area (Å²) in [6, 6.07) is 8.53. The van der Waals surface area contributed by atoms with Crippen molar-refractivity contribution in [3.05, 3.63) is 65.5 Å². The van der Waals surface area contributed by atoms with Gasteiger partial charge in [0.2, 0.25) is 0 Å². The third-order valence-corrected chi connectivity index (χ3v) is 6.60. The van der Waals surface area contributed by atoms with E-state index in [1.807, 2.05) is 24.0 Å². The number of pyridine rings is 1. The number of hydrogen-bond donors (Lipinski definition) is 1. The number of amides is 1. The zero-order chi connectivity index (χ0) is 24.0. The molecular formula is C24H25F3N6O. The van der Waals surface area contributed by atoms with Gasteiger partial charge < -0.3 is 10.2 Å². The van der Waals surface area contributed by atoms with Gasteiger partial charge in [-0.1, -0.05) is 0 Å². The molecule has 5 rings (SSSR count). The van der Waals surface area contributed by atoms with Crippen molar-refractivity contribution >= 4 is 11.6 Å². The Morgan fingerprint density at radius 2 is 1.85 bits per heavy atom. The normalized spacial score (nSPS) is 21.8. The van der Waals surface area contributed by atoms with Gasteiger partial charge in [-0.25, -0.2) is 14.6 Å². The van der Waals surface area contributed by atoms with Crippen LogP contribution in [-0.2, 0) is 6.18 Å². The van der Waals surface area contributed by atoms with Crippen LogP contribution in [0.5, 0.6) is 0 Å². The van der Waals surface area contributed by atoms with E-state index in [9.17, 15) is 18.0 Å². The number of carbonyl (C=O) groups excluding carboxylic acids is 1. The lowest BCUT2D eigenvalue weighted by atomic mass is 10.0. The second-order valence-electron chi connectivity index (χ2n) is 9.12. The standard InChI is InChI=1S/C24H25F3N6O/c1-14-3-8-21(33-13-29-15(2)31-33)22(30-14)23(34)32-12-17-9-16(17)10-20(32)11-28-19-6-4-18(5-7-19)24(25,26)27/h3-8,13,16-17,20,28H,9-12H2,1-2H3/t16-,17+,20?/m1/s1. The maximum absolute atomic E-state index is 13.7. The molecule has 1 saturated carbocycles. The summed E-state index contributed by atoms with van der Waals surface area (Å²) in [5.41, 5.74) is 1.53. The minimum Gasteiger partial charge on any atom is -0.383 e. The number of aromatic nitrogens is 4. The molecule has 2 fully saturated rings. The van der Waals surface area contributed by atoms with E-state index in [-0.39, 0.29) is 11.9 Å². The highest BCUT2D eigenvalue weighted by molar-refractivity contribution is 5.96. The molecule has 1 aromatic carbocycles. The van der Waals surface area contributed by atoms with Crippen LogP contribution in [0.1, 0.15) is 40.4 Å². The van der Waals surface area contributed by atoms with Crippen molar-refractivity contribution in [3.8, 4) is 5.69 Å². The molecule has 3 atom stereocenters. The first-order chi connectivity index (χ1) is 16.2. The van der Waals surface area contributed by atoms with Crippen LogP contribution in [0.4, 0.5) is 18.9 Å². The summed E-state index contributed by atoms with van der Waals surface area (Å²) in [6.07, 6.45) is -0.854. The molecule has 2 aliphatic rings. The van der Waals surface area contributed by atoms with E-state index >= 15 is 0 Å². The van der Waals surface area contributed by atoms with Gasteiger partial charge in [0.05, 0.1) is 11.3 Å². The first kappa shape index (κ1) is 22.4. The number of hydrogen-bond acceptors (Lipinski definition) is 5. The van der Waals surface area contributed by atoms with Crippen LogP contribution in [0.15, 0.2) is 42.7 Å². The molecule has 0 spiro atoms. The topological polar surface area (TPSA) is 75.9 Å². The van der Waals surface area contributed by atoms with Crippen molar-refractivity contribution in [3.63, 3.8) is 0 Å². The number of piperidine rings is 1. The molecule has 1 aliphatic carbocycles. The number of anilines is 1. The summed E-state index contributed by atoms with van der Waals surface area (Å²) >= 11 is 0. The van der Waals surface area contributed by atoms with Crippen LogP contribution in [0, 0.1) is 25.7 Å². The van der Waals surface area contributed by atoms with Crippen molar-refractivity contribution in [1.29, 1.82) is 0 Å². The molecule has 10 heteroatoms. The van der Waals surface area contributed by atoms with Gasteiger partial charge in [-0.2, -0.15) is 18.3 Å². The highest BCUT2D eigenvalue weighted by Crippen LogP contribution is 2.47. The Morgan fingerprint density at radius 3 is 2.53 bits per heavy atom. The summed E-state index contributed by atoms with van der Waals surface area (Å²) < 4.78 is 40.1. The highest BCUT2D eigenvalue weighted by atomic mass is 19.4. The average molecular weight is 470 g/mol. The Morgan fingerprint density at radius 1 is 1.09 bits per heavy atom. The third kappa shape index (κ3) is 4.49. The molecule has 1 saturated heterocycles. The van der Waals surface area contributed by atoms with Crippen LogP contribution in [-0.4, -0.2) is 49.7 Å². The average Bonchev–Trinajstić information content (AvgIpc) is 3.44. The minimum absolute atomic E-state index is 0.0915. The number of rotatable bonds is 5.